The number of hydrogen-bond donors (Lipinski definition) is 1. The average Bonchev–Trinajstić information content (AvgIpc) is 2.96. The number of aliphatic hydroxyl groups is 1. The molecule has 0 amide bonds. The van der Waals surface area contributed by atoms with Crippen LogP contribution in [0.3, 0.4) is 0 Å². The third kappa shape index (κ3) is 3.16. The molecule has 4 aliphatic rings. The Morgan fingerprint density at radius 2 is 1.83 bits per heavy atom. The average molecular weight is 489 g/mol. The summed E-state index contributed by atoms with van der Waals surface area (Å²) in [6, 6.07) is 0. The van der Waals surface area contributed by atoms with E-state index in [0.29, 0.717) is 0 Å². The van der Waals surface area contributed by atoms with Crippen molar-refractivity contribution in [1.29, 1.82) is 0 Å². The molecule has 0 aromatic rings. The summed E-state index contributed by atoms with van der Waals surface area (Å²) in [5, 5.41) is 11.7. The van der Waals surface area contributed by atoms with Gasteiger partial charge in [0.2, 0.25) is 5.78 Å². The summed E-state index contributed by atoms with van der Waals surface area (Å²) < 4.78 is 27.5. The van der Waals surface area contributed by atoms with Gasteiger partial charge in [0, 0.05) is 37.2 Å². The van der Waals surface area contributed by atoms with Gasteiger partial charge in [-0.1, -0.05) is 19.9 Å². The molecule has 2 saturated carbocycles. The Kier molecular flexibility index (Phi) is 5.59. The third-order valence-corrected chi connectivity index (χ3v) is 8.70. The monoisotopic (exact) mass is 488 g/mol. The topological polar surface area (TPSA) is 124 Å². The van der Waals surface area contributed by atoms with Crippen LogP contribution in [-0.4, -0.2) is 52.3 Å². The summed E-state index contributed by atoms with van der Waals surface area (Å²) in [5.41, 5.74) is -7.43. The molecule has 9 heteroatoms. The standard InChI is InChI=1S/C26H29FO8/c1-13-8-17-18-10-20(35-15(3)29)19-9-16(30)6-7-23(19,4)25(18,27)21(31)11-24(17,5)26(13,33)22(32)12-34-14(2)28/h6-7,9-10,13,17-18,33H,8,11-12H2,1-5H3/t13-,17+,18+,23+,24+,25+,26+/m1/s1. The summed E-state index contributed by atoms with van der Waals surface area (Å²) in [6.45, 7) is 6.36. The lowest BCUT2D eigenvalue weighted by molar-refractivity contribution is -0.183. The minimum atomic E-state index is -2.51. The molecule has 188 valence electrons. The van der Waals surface area contributed by atoms with E-state index in [0.717, 1.165) is 6.92 Å². The SMILES string of the molecule is CC(=O)OCC(=O)[C@@]1(O)[C@H](C)C[C@H]2[C@@H]3C=C(OC(C)=O)C4=CC(=O)C=C[C@]4(C)[C@@]3(F)C(=O)C[C@@]21C. The lowest BCUT2D eigenvalue weighted by Gasteiger charge is -2.58. The van der Waals surface area contributed by atoms with Crippen LogP contribution in [0.25, 0.3) is 0 Å². The maximum atomic E-state index is 17.2. The van der Waals surface area contributed by atoms with E-state index >= 15 is 4.39 Å². The van der Waals surface area contributed by atoms with Crippen LogP contribution >= 0.6 is 0 Å². The Morgan fingerprint density at radius 1 is 1.17 bits per heavy atom. The normalized spacial score (nSPS) is 41.7. The van der Waals surface area contributed by atoms with Gasteiger partial charge in [-0.25, -0.2) is 4.39 Å². The van der Waals surface area contributed by atoms with Crippen molar-refractivity contribution >= 4 is 29.3 Å². The molecule has 8 nitrogen and oxygen atoms in total. The van der Waals surface area contributed by atoms with Crippen molar-refractivity contribution in [1.82, 2.24) is 0 Å². The first-order valence-corrected chi connectivity index (χ1v) is 11.6. The molecule has 0 unspecified atom stereocenters. The largest absolute Gasteiger partial charge is 0.458 e. The van der Waals surface area contributed by atoms with Gasteiger partial charge >= 0.3 is 11.9 Å². The molecule has 0 heterocycles. The number of carbonyl (C=O) groups is 5. The smallest absolute Gasteiger partial charge is 0.308 e. The van der Waals surface area contributed by atoms with Gasteiger partial charge in [-0.15, -0.1) is 0 Å². The highest BCUT2D eigenvalue weighted by atomic mass is 19.1. The predicted octanol–water partition coefficient (Wildman–Crippen LogP) is 2.34. The number of rotatable bonds is 4. The first kappa shape index (κ1) is 25.2. The van der Waals surface area contributed by atoms with Gasteiger partial charge in [-0.05, 0) is 43.4 Å². The van der Waals surface area contributed by atoms with Gasteiger partial charge < -0.3 is 14.6 Å². The van der Waals surface area contributed by atoms with Crippen molar-refractivity contribution in [2.75, 3.05) is 6.61 Å². The second kappa shape index (κ2) is 7.78. The Labute approximate surface area is 202 Å². The Morgan fingerprint density at radius 3 is 2.43 bits per heavy atom. The minimum Gasteiger partial charge on any atom is -0.458 e. The molecule has 0 spiro atoms. The zero-order valence-electron chi connectivity index (χ0n) is 20.3. The van der Waals surface area contributed by atoms with E-state index in [1.807, 2.05) is 0 Å². The van der Waals surface area contributed by atoms with Crippen LogP contribution in [0.15, 0.2) is 35.6 Å². The zero-order chi connectivity index (χ0) is 26.1. The van der Waals surface area contributed by atoms with Crippen LogP contribution in [0, 0.1) is 28.6 Å². The van der Waals surface area contributed by atoms with Crippen molar-refractivity contribution in [3.05, 3.63) is 35.6 Å². The number of halogens is 1. The van der Waals surface area contributed by atoms with Crippen LogP contribution in [0.5, 0.6) is 0 Å². The fourth-order valence-corrected chi connectivity index (χ4v) is 6.95. The first-order chi connectivity index (χ1) is 16.1. The van der Waals surface area contributed by atoms with E-state index in [1.165, 1.54) is 38.2 Å². The maximum Gasteiger partial charge on any atom is 0.308 e. The fraction of sp³-hybridized carbons (Fsp3) is 0.577. The lowest BCUT2D eigenvalue weighted by atomic mass is 9.46. The summed E-state index contributed by atoms with van der Waals surface area (Å²) >= 11 is 0. The maximum absolute atomic E-state index is 17.2. The van der Waals surface area contributed by atoms with E-state index < -0.39 is 82.2 Å². The second-order valence-electron chi connectivity index (χ2n) is 10.6. The molecular formula is C26H29FO8. The van der Waals surface area contributed by atoms with Crippen molar-refractivity contribution in [3.8, 4) is 0 Å². The Balaban J connectivity index is 1.89. The highest BCUT2D eigenvalue weighted by Crippen LogP contribution is 2.69. The summed E-state index contributed by atoms with van der Waals surface area (Å²) in [6.07, 6.45) is 4.82. The molecule has 4 rings (SSSR count). The van der Waals surface area contributed by atoms with Crippen molar-refractivity contribution in [2.45, 2.75) is 58.7 Å². The number of alkyl halides is 1. The highest BCUT2D eigenvalue weighted by Gasteiger charge is 2.76. The van der Waals surface area contributed by atoms with Crippen LogP contribution in [0.1, 0.15) is 47.5 Å². The number of ether oxygens (including phenoxy) is 2. The molecule has 1 N–H and O–H groups in total. The second-order valence-corrected chi connectivity index (χ2v) is 10.6. The summed E-state index contributed by atoms with van der Waals surface area (Å²) in [4.78, 5) is 62.1. The fourth-order valence-electron chi connectivity index (χ4n) is 6.95. The highest BCUT2D eigenvalue weighted by molar-refractivity contribution is 6.04. The number of esters is 2. The van der Waals surface area contributed by atoms with E-state index in [1.54, 1.807) is 13.8 Å². The van der Waals surface area contributed by atoms with Crippen LogP contribution in [-0.2, 0) is 33.4 Å². The zero-order valence-corrected chi connectivity index (χ0v) is 20.3. The number of allylic oxidation sites excluding steroid dienone is 5. The third-order valence-electron chi connectivity index (χ3n) is 8.70. The minimum absolute atomic E-state index is 0.0117. The predicted molar refractivity (Wildman–Crippen MR) is 119 cm³/mol. The van der Waals surface area contributed by atoms with Crippen LogP contribution < -0.4 is 0 Å². The Bertz CT molecular complexity index is 1150. The number of hydrogen-bond acceptors (Lipinski definition) is 8. The number of fused-ring (bicyclic) bond motifs is 5. The number of ketones is 3. The van der Waals surface area contributed by atoms with Crippen molar-refractivity contribution in [3.63, 3.8) is 0 Å². The summed E-state index contributed by atoms with van der Waals surface area (Å²) in [5.74, 6) is -5.89. The van der Waals surface area contributed by atoms with Crippen molar-refractivity contribution < 1.29 is 42.9 Å². The van der Waals surface area contributed by atoms with Crippen LogP contribution in [0.4, 0.5) is 4.39 Å². The molecule has 35 heavy (non-hydrogen) atoms. The molecule has 0 aliphatic heterocycles. The Hall–Kier alpha value is -2.94. The lowest BCUT2D eigenvalue weighted by Crippen LogP contribution is -2.67. The molecule has 0 radical (unpaired) electrons. The molecule has 2 fully saturated rings. The van der Waals surface area contributed by atoms with Gasteiger partial charge in [0.25, 0.3) is 0 Å². The molecule has 0 aromatic heterocycles. The molecule has 0 saturated heterocycles. The van der Waals surface area contributed by atoms with Gasteiger partial charge in [0.15, 0.2) is 23.8 Å². The van der Waals surface area contributed by atoms with Gasteiger partial charge in [0.05, 0.1) is 5.41 Å². The summed E-state index contributed by atoms with van der Waals surface area (Å²) in [7, 11) is 0. The van der Waals surface area contributed by atoms with Gasteiger partial charge in [0.1, 0.15) is 11.4 Å². The molecule has 7 atom stereocenters. The van der Waals surface area contributed by atoms with Crippen LogP contribution in [0.2, 0.25) is 0 Å². The van der Waals surface area contributed by atoms with E-state index in [4.69, 9.17) is 9.47 Å². The number of carbonyl (C=O) groups excluding carboxylic acids is 5. The first-order valence-electron chi connectivity index (χ1n) is 11.6. The van der Waals surface area contributed by atoms with E-state index in [9.17, 15) is 29.1 Å². The molecular weight excluding hydrogens is 459 g/mol. The van der Waals surface area contributed by atoms with E-state index in [2.05, 4.69) is 0 Å². The quantitative estimate of drug-likeness (QED) is 0.598. The van der Waals surface area contributed by atoms with Crippen molar-refractivity contribution in [2.24, 2.45) is 28.6 Å². The van der Waals surface area contributed by atoms with Gasteiger partial charge in [-0.2, -0.15) is 0 Å². The van der Waals surface area contributed by atoms with Gasteiger partial charge in [-0.3, -0.25) is 24.0 Å². The number of Topliss-reactive ketones (excluding diaryl/α,β-unsaturated/α-hetero) is 2. The molecule has 0 bridgehead atoms. The van der Waals surface area contributed by atoms with E-state index in [-0.39, 0.29) is 17.8 Å². The molecule has 0 aromatic carbocycles. The molecule has 4 aliphatic carbocycles.